The fourth-order valence-electron chi connectivity index (χ4n) is 3.97. The van der Waals surface area contributed by atoms with E-state index in [9.17, 15) is 18.0 Å². The molecule has 1 N–H and O–H groups in total. The van der Waals surface area contributed by atoms with Crippen LogP contribution in [0.3, 0.4) is 0 Å². The fourth-order valence-corrected chi connectivity index (χ4v) is 4.32. The zero-order valence-electron chi connectivity index (χ0n) is 22.0. The normalized spacial score (nSPS) is 12.1. The molecule has 3 rings (SSSR count). The average molecular weight is 538 g/mol. The Kier molecular flexibility index (Phi) is 10.4. The number of nitrogens with zero attached hydrogens (tertiary/aromatic N) is 2. The first kappa shape index (κ1) is 28.9. The van der Waals surface area contributed by atoms with Gasteiger partial charge in [0.05, 0.1) is 19.9 Å². The molecule has 9 heteroatoms. The molecule has 0 unspecified atom stereocenters. The number of rotatable bonds is 13. The highest BCUT2D eigenvalue weighted by Crippen LogP contribution is 2.16. The van der Waals surface area contributed by atoms with Gasteiger partial charge in [-0.05, 0) is 35.2 Å². The molecule has 8 nitrogen and oxygen atoms in total. The van der Waals surface area contributed by atoms with Crippen LogP contribution in [0.4, 0.5) is 0 Å². The van der Waals surface area contributed by atoms with Crippen molar-refractivity contribution < 1.29 is 22.7 Å². The van der Waals surface area contributed by atoms with Gasteiger partial charge in [0.2, 0.25) is 21.8 Å². The Bertz CT molecular complexity index is 1280. The average Bonchev–Trinajstić information content (AvgIpc) is 2.91. The molecule has 0 fully saturated rings. The largest absolute Gasteiger partial charge is 0.497 e. The van der Waals surface area contributed by atoms with Crippen LogP contribution in [-0.2, 0) is 39.0 Å². The molecular formula is C29H35N3O5S. The number of amides is 2. The summed E-state index contributed by atoms with van der Waals surface area (Å²) in [6.07, 6.45) is 1.95. The quantitative estimate of drug-likeness (QED) is 0.362. The Labute approximate surface area is 225 Å². The Morgan fingerprint density at radius 3 is 2.00 bits per heavy atom. The summed E-state index contributed by atoms with van der Waals surface area (Å²) in [5.74, 6) is 0.0107. The first-order chi connectivity index (χ1) is 18.2. The van der Waals surface area contributed by atoms with E-state index < -0.39 is 22.0 Å². The van der Waals surface area contributed by atoms with Crippen molar-refractivity contribution in [2.45, 2.75) is 25.4 Å². The van der Waals surface area contributed by atoms with E-state index in [1.54, 1.807) is 7.11 Å². The van der Waals surface area contributed by atoms with Crippen LogP contribution in [0, 0.1) is 0 Å². The lowest BCUT2D eigenvalue weighted by atomic mass is 10.0. The van der Waals surface area contributed by atoms with Gasteiger partial charge in [-0.1, -0.05) is 72.8 Å². The van der Waals surface area contributed by atoms with Crippen molar-refractivity contribution in [3.63, 3.8) is 0 Å². The Hall–Kier alpha value is -3.69. The molecule has 0 heterocycles. The predicted molar refractivity (Wildman–Crippen MR) is 148 cm³/mol. The molecule has 0 bridgehead atoms. The monoisotopic (exact) mass is 537 g/mol. The molecule has 3 aromatic carbocycles. The van der Waals surface area contributed by atoms with Crippen molar-refractivity contribution in [1.82, 2.24) is 14.5 Å². The van der Waals surface area contributed by atoms with Gasteiger partial charge in [0, 0.05) is 26.6 Å². The fraction of sp³-hybridized carbons (Fsp3) is 0.310. The Morgan fingerprint density at radius 2 is 1.45 bits per heavy atom. The van der Waals surface area contributed by atoms with E-state index in [-0.39, 0.29) is 25.4 Å². The maximum atomic E-state index is 13.6. The summed E-state index contributed by atoms with van der Waals surface area (Å²) in [7, 11) is -0.617. The molecule has 0 saturated carbocycles. The molecule has 2 amide bonds. The summed E-state index contributed by atoms with van der Waals surface area (Å²) in [4.78, 5) is 28.6. The summed E-state index contributed by atoms with van der Waals surface area (Å²) in [6, 6.07) is 25.6. The standard InChI is InChI=1S/C29H35N3O5S/c1-31(38(3,35)36)22-28(33)32(21-25-12-8-5-9-13-25)27(20-24-10-6-4-7-11-24)29(34)30-19-18-23-14-16-26(37-2)17-15-23/h4-17,27H,18-22H2,1-3H3,(H,30,34)/t27-/m0/s1. The number of methoxy groups -OCH3 is 1. The lowest BCUT2D eigenvalue weighted by Crippen LogP contribution is -2.53. The minimum atomic E-state index is -3.58. The predicted octanol–water partition coefficient (Wildman–Crippen LogP) is 2.89. The smallest absolute Gasteiger partial charge is 0.243 e. The minimum absolute atomic E-state index is 0.167. The van der Waals surface area contributed by atoms with E-state index >= 15 is 0 Å². The molecule has 0 aliphatic rings. The highest BCUT2D eigenvalue weighted by atomic mass is 32.2. The zero-order chi connectivity index (χ0) is 27.5. The number of carbonyl (C=O) groups excluding carboxylic acids is 2. The number of carbonyl (C=O) groups is 2. The van der Waals surface area contributed by atoms with Crippen molar-refractivity contribution in [3.05, 3.63) is 102 Å². The molecule has 0 spiro atoms. The summed E-state index contributed by atoms with van der Waals surface area (Å²) in [5.41, 5.74) is 2.77. The topological polar surface area (TPSA) is 96.0 Å². The van der Waals surface area contributed by atoms with Gasteiger partial charge in [-0.3, -0.25) is 9.59 Å². The number of likely N-dealkylation sites (N-methyl/N-ethyl adjacent to an activating group) is 1. The summed E-state index contributed by atoms with van der Waals surface area (Å²) in [6.45, 7) is 0.184. The number of hydrogen-bond donors (Lipinski definition) is 1. The SMILES string of the molecule is COc1ccc(CCNC(=O)[C@H](Cc2ccccc2)N(Cc2ccccc2)C(=O)CN(C)S(C)(=O)=O)cc1. The molecular weight excluding hydrogens is 502 g/mol. The first-order valence-electron chi connectivity index (χ1n) is 12.4. The Morgan fingerprint density at radius 1 is 0.868 bits per heavy atom. The second kappa shape index (κ2) is 13.7. The maximum absolute atomic E-state index is 13.6. The molecule has 0 aliphatic carbocycles. The van der Waals surface area contributed by atoms with Crippen molar-refractivity contribution >= 4 is 21.8 Å². The zero-order valence-corrected chi connectivity index (χ0v) is 22.9. The number of benzene rings is 3. The van der Waals surface area contributed by atoms with Gasteiger partial charge in [-0.15, -0.1) is 0 Å². The van der Waals surface area contributed by atoms with Gasteiger partial charge in [-0.25, -0.2) is 8.42 Å². The molecule has 1 atom stereocenters. The summed E-state index contributed by atoms with van der Waals surface area (Å²) < 4.78 is 30.2. The lowest BCUT2D eigenvalue weighted by Gasteiger charge is -2.32. The van der Waals surface area contributed by atoms with Crippen LogP contribution in [0.1, 0.15) is 16.7 Å². The minimum Gasteiger partial charge on any atom is -0.497 e. The van der Waals surface area contributed by atoms with Gasteiger partial charge in [-0.2, -0.15) is 4.31 Å². The molecule has 0 aromatic heterocycles. The van der Waals surface area contributed by atoms with E-state index in [2.05, 4.69) is 5.32 Å². The molecule has 202 valence electrons. The lowest BCUT2D eigenvalue weighted by molar-refractivity contribution is -0.141. The molecule has 38 heavy (non-hydrogen) atoms. The third kappa shape index (κ3) is 8.71. The second-order valence-electron chi connectivity index (χ2n) is 9.12. The number of nitrogens with one attached hydrogen (secondary N) is 1. The maximum Gasteiger partial charge on any atom is 0.243 e. The second-order valence-corrected chi connectivity index (χ2v) is 11.2. The van der Waals surface area contributed by atoms with Crippen LogP contribution in [0.5, 0.6) is 5.75 Å². The molecule has 0 aliphatic heterocycles. The van der Waals surface area contributed by atoms with Gasteiger partial charge >= 0.3 is 0 Å². The third-order valence-corrected chi connectivity index (χ3v) is 7.52. The van der Waals surface area contributed by atoms with Crippen molar-refractivity contribution in [3.8, 4) is 5.75 Å². The van der Waals surface area contributed by atoms with Gasteiger partial charge in [0.15, 0.2) is 0 Å². The van der Waals surface area contributed by atoms with Crippen molar-refractivity contribution in [2.24, 2.45) is 0 Å². The first-order valence-corrected chi connectivity index (χ1v) is 14.2. The third-order valence-electron chi connectivity index (χ3n) is 6.26. The van der Waals surface area contributed by atoms with Crippen LogP contribution in [-0.4, -0.2) is 69.0 Å². The van der Waals surface area contributed by atoms with E-state index in [0.29, 0.717) is 13.0 Å². The number of ether oxygens (including phenoxy) is 1. The van der Waals surface area contributed by atoms with Crippen LogP contribution in [0.2, 0.25) is 0 Å². The molecule has 0 saturated heterocycles. The van der Waals surface area contributed by atoms with Gasteiger partial charge < -0.3 is 15.0 Å². The number of hydrogen-bond acceptors (Lipinski definition) is 5. The van der Waals surface area contributed by atoms with Crippen molar-refractivity contribution in [2.75, 3.05) is 33.5 Å². The Balaban J connectivity index is 1.85. The highest BCUT2D eigenvalue weighted by Gasteiger charge is 2.31. The summed E-state index contributed by atoms with van der Waals surface area (Å²) >= 11 is 0. The molecule has 3 aromatic rings. The van der Waals surface area contributed by atoms with E-state index in [1.165, 1.54) is 11.9 Å². The van der Waals surface area contributed by atoms with E-state index in [0.717, 1.165) is 33.0 Å². The van der Waals surface area contributed by atoms with Crippen LogP contribution in [0.15, 0.2) is 84.9 Å². The highest BCUT2D eigenvalue weighted by molar-refractivity contribution is 7.88. The van der Waals surface area contributed by atoms with Crippen molar-refractivity contribution in [1.29, 1.82) is 0 Å². The van der Waals surface area contributed by atoms with Crippen LogP contribution in [0.25, 0.3) is 0 Å². The van der Waals surface area contributed by atoms with Crippen LogP contribution < -0.4 is 10.1 Å². The molecule has 0 radical (unpaired) electrons. The van der Waals surface area contributed by atoms with Gasteiger partial charge in [0.1, 0.15) is 11.8 Å². The number of sulfonamides is 1. The van der Waals surface area contributed by atoms with Gasteiger partial charge in [0.25, 0.3) is 0 Å². The summed E-state index contributed by atoms with van der Waals surface area (Å²) in [5, 5.41) is 2.99. The van der Waals surface area contributed by atoms with Crippen LogP contribution >= 0.6 is 0 Å². The van der Waals surface area contributed by atoms with E-state index in [4.69, 9.17) is 4.74 Å². The van der Waals surface area contributed by atoms with E-state index in [1.807, 2.05) is 84.9 Å².